The van der Waals surface area contributed by atoms with Crippen LogP contribution >= 0.6 is 0 Å². The van der Waals surface area contributed by atoms with Crippen LogP contribution in [0.2, 0.25) is 0 Å². The molecule has 3 N–H and O–H groups in total. The van der Waals surface area contributed by atoms with Crippen LogP contribution in [0.25, 0.3) is 11.3 Å². The fourth-order valence-corrected chi connectivity index (χ4v) is 6.04. The molecule has 1 aliphatic carbocycles. The first-order valence-electron chi connectivity index (χ1n) is 13.7. The summed E-state index contributed by atoms with van der Waals surface area (Å²) in [7, 11) is 0. The van der Waals surface area contributed by atoms with Gasteiger partial charge in [0.1, 0.15) is 5.82 Å². The Morgan fingerprint density at radius 3 is 2.37 bits per heavy atom. The topological polar surface area (TPSA) is 65.6 Å². The quantitative estimate of drug-likeness (QED) is 0.491. The molecule has 2 heterocycles. The van der Waals surface area contributed by atoms with Gasteiger partial charge in [0.15, 0.2) is 0 Å². The third-order valence-corrected chi connectivity index (χ3v) is 8.46. The van der Waals surface area contributed by atoms with Gasteiger partial charge in [0.25, 0.3) is 0 Å². The molecule has 2 aromatic rings. The summed E-state index contributed by atoms with van der Waals surface area (Å²) < 4.78 is 0. The number of piperidine rings is 1. The second-order valence-electron chi connectivity index (χ2n) is 11.9. The molecule has 5 heteroatoms. The highest BCUT2D eigenvalue weighted by Gasteiger charge is 2.37. The Morgan fingerprint density at radius 2 is 1.69 bits per heavy atom. The van der Waals surface area contributed by atoms with Gasteiger partial charge in [0.2, 0.25) is 0 Å². The number of anilines is 1. The van der Waals surface area contributed by atoms with Crippen LogP contribution in [0, 0.1) is 0 Å². The summed E-state index contributed by atoms with van der Waals surface area (Å²) in [6.45, 7) is 14.5. The number of nitrogens with zero attached hydrogens (tertiary/aromatic N) is 3. The summed E-state index contributed by atoms with van der Waals surface area (Å²) in [5.74, 6) is 1.09. The van der Waals surface area contributed by atoms with Gasteiger partial charge in [-0.3, -0.25) is 4.90 Å². The van der Waals surface area contributed by atoms with Crippen LogP contribution in [0.5, 0.6) is 0 Å². The first kappa shape index (κ1) is 26.1. The van der Waals surface area contributed by atoms with Crippen LogP contribution in [-0.4, -0.2) is 60.4 Å². The smallest absolute Gasteiger partial charge is 0.129 e. The molecule has 192 valence electrons. The SMILES string of the molecule is CC1(C)CCC(C)(C)c2cc(-c3cccc(N4CCC(N(CCN)CCCCO)CC4)n3)ccc21. The lowest BCUT2D eigenvalue weighted by atomic mass is 9.63. The molecule has 0 amide bonds. The standard InChI is InChI=1S/C30H46N4O/c1-29(2)14-15-30(3,4)26-22-23(10-11-25(26)29)27-8-7-9-28(32-27)34-18-12-24(13-19-34)33(20-16-31)17-5-6-21-35/h7-11,22,24,35H,5-6,12-21,31H2,1-4H3. The number of benzene rings is 1. The maximum absolute atomic E-state index is 9.13. The molecular formula is C30H46N4O. The monoisotopic (exact) mass is 478 g/mol. The van der Waals surface area contributed by atoms with Crippen molar-refractivity contribution in [1.29, 1.82) is 0 Å². The molecule has 0 atom stereocenters. The van der Waals surface area contributed by atoms with Gasteiger partial charge in [-0.15, -0.1) is 0 Å². The van der Waals surface area contributed by atoms with Crippen molar-refractivity contribution < 1.29 is 5.11 Å². The molecule has 0 unspecified atom stereocenters. The predicted molar refractivity (Wildman–Crippen MR) is 147 cm³/mol. The van der Waals surface area contributed by atoms with Gasteiger partial charge in [-0.25, -0.2) is 4.98 Å². The lowest BCUT2D eigenvalue weighted by Crippen LogP contribution is -2.47. The van der Waals surface area contributed by atoms with Crippen molar-refractivity contribution in [2.24, 2.45) is 5.73 Å². The van der Waals surface area contributed by atoms with Crippen LogP contribution < -0.4 is 10.6 Å². The van der Waals surface area contributed by atoms with E-state index in [0.29, 0.717) is 12.6 Å². The molecule has 1 aromatic heterocycles. The second-order valence-corrected chi connectivity index (χ2v) is 11.9. The largest absolute Gasteiger partial charge is 0.396 e. The zero-order valence-electron chi connectivity index (χ0n) is 22.4. The molecule has 5 nitrogen and oxygen atoms in total. The first-order chi connectivity index (χ1) is 16.7. The number of aliphatic hydroxyl groups excluding tert-OH is 1. The number of hydrogen-bond acceptors (Lipinski definition) is 5. The molecule has 0 radical (unpaired) electrons. The normalized spacial score (nSPS) is 19.7. The van der Waals surface area contributed by atoms with E-state index in [1.54, 1.807) is 0 Å². The van der Waals surface area contributed by atoms with Crippen molar-refractivity contribution in [1.82, 2.24) is 9.88 Å². The number of nitrogens with two attached hydrogens (primary N) is 1. The zero-order chi connectivity index (χ0) is 25.1. The number of rotatable bonds is 9. The fraction of sp³-hybridized carbons (Fsp3) is 0.633. The molecule has 1 aliphatic heterocycles. The van der Waals surface area contributed by atoms with Gasteiger partial charge in [0.05, 0.1) is 5.69 Å². The minimum atomic E-state index is 0.201. The van der Waals surface area contributed by atoms with Crippen molar-refractivity contribution >= 4 is 5.82 Å². The maximum Gasteiger partial charge on any atom is 0.129 e. The van der Waals surface area contributed by atoms with Gasteiger partial charge in [-0.05, 0) is 85.2 Å². The molecule has 1 aromatic carbocycles. The lowest BCUT2D eigenvalue weighted by molar-refractivity contribution is 0.165. The zero-order valence-corrected chi connectivity index (χ0v) is 22.4. The van der Waals surface area contributed by atoms with Crippen molar-refractivity contribution in [2.45, 2.75) is 83.1 Å². The van der Waals surface area contributed by atoms with Gasteiger partial charge in [-0.1, -0.05) is 45.9 Å². The highest BCUT2D eigenvalue weighted by atomic mass is 16.2. The third-order valence-electron chi connectivity index (χ3n) is 8.46. The molecule has 35 heavy (non-hydrogen) atoms. The number of aliphatic hydroxyl groups is 1. The van der Waals surface area contributed by atoms with Crippen LogP contribution in [-0.2, 0) is 10.8 Å². The average molecular weight is 479 g/mol. The van der Waals surface area contributed by atoms with E-state index in [1.807, 2.05) is 0 Å². The Bertz CT molecular complexity index is 978. The summed E-state index contributed by atoms with van der Waals surface area (Å²) in [4.78, 5) is 10.1. The summed E-state index contributed by atoms with van der Waals surface area (Å²) >= 11 is 0. The minimum absolute atomic E-state index is 0.201. The van der Waals surface area contributed by atoms with Crippen molar-refractivity contribution in [2.75, 3.05) is 44.2 Å². The van der Waals surface area contributed by atoms with Crippen LogP contribution in [0.1, 0.15) is 77.3 Å². The minimum Gasteiger partial charge on any atom is -0.396 e. The molecule has 1 fully saturated rings. The molecule has 4 rings (SSSR count). The van der Waals surface area contributed by atoms with E-state index in [9.17, 15) is 0 Å². The first-order valence-corrected chi connectivity index (χ1v) is 13.7. The Kier molecular flexibility index (Phi) is 8.19. The Hall–Kier alpha value is -1.95. The van der Waals surface area contributed by atoms with E-state index < -0.39 is 0 Å². The maximum atomic E-state index is 9.13. The Balaban J connectivity index is 1.48. The number of hydrogen-bond donors (Lipinski definition) is 2. The van der Waals surface area contributed by atoms with E-state index in [-0.39, 0.29) is 17.4 Å². The number of pyridine rings is 1. The summed E-state index contributed by atoms with van der Waals surface area (Å²) in [6.07, 6.45) is 6.63. The van der Waals surface area contributed by atoms with Crippen molar-refractivity contribution in [3.05, 3.63) is 47.5 Å². The van der Waals surface area contributed by atoms with E-state index >= 15 is 0 Å². The van der Waals surface area contributed by atoms with Crippen LogP contribution in [0.4, 0.5) is 5.82 Å². The molecule has 2 aliphatic rings. The van der Waals surface area contributed by atoms with Gasteiger partial charge in [0, 0.05) is 44.4 Å². The van der Waals surface area contributed by atoms with E-state index in [4.69, 9.17) is 15.8 Å². The fourth-order valence-electron chi connectivity index (χ4n) is 6.04. The Labute approximate surface area is 212 Å². The molecule has 0 saturated carbocycles. The highest BCUT2D eigenvalue weighted by molar-refractivity contribution is 5.65. The summed E-state index contributed by atoms with van der Waals surface area (Å²) in [6, 6.07) is 14.1. The molecule has 0 bridgehead atoms. The number of unbranched alkanes of at least 4 members (excludes halogenated alkanes) is 1. The third kappa shape index (κ3) is 5.90. The van der Waals surface area contributed by atoms with Crippen molar-refractivity contribution in [3.8, 4) is 11.3 Å². The van der Waals surface area contributed by atoms with Crippen LogP contribution in [0.15, 0.2) is 36.4 Å². The lowest BCUT2D eigenvalue weighted by Gasteiger charge is -2.42. The average Bonchev–Trinajstić information content (AvgIpc) is 2.86. The molecular weight excluding hydrogens is 432 g/mol. The van der Waals surface area contributed by atoms with E-state index in [0.717, 1.165) is 63.4 Å². The van der Waals surface area contributed by atoms with Crippen molar-refractivity contribution in [3.63, 3.8) is 0 Å². The number of fused-ring (bicyclic) bond motifs is 1. The second kappa shape index (κ2) is 11.0. The Morgan fingerprint density at radius 1 is 0.971 bits per heavy atom. The molecule has 1 saturated heterocycles. The van der Waals surface area contributed by atoms with Crippen LogP contribution in [0.3, 0.4) is 0 Å². The van der Waals surface area contributed by atoms with E-state index in [2.05, 4.69) is 73.9 Å². The highest BCUT2D eigenvalue weighted by Crippen LogP contribution is 2.46. The summed E-state index contributed by atoms with van der Waals surface area (Å²) in [5.41, 5.74) is 11.6. The molecule has 0 spiro atoms. The predicted octanol–water partition coefficient (Wildman–Crippen LogP) is 5.10. The van der Waals surface area contributed by atoms with Gasteiger partial charge in [-0.2, -0.15) is 0 Å². The number of aromatic nitrogens is 1. The summed E-state index contributed by atoms with van der Waals surface area (Å²) in [5, 5.41) is 9.13. The van der Waals surface area contributed by atoms with E-state index in [1.165, 1.54) is 29.5 Å². The van der Waals surface area contributed by atoms with Gasteiger partial charge < -0.3 is 15.7 Å². The van der Waals surface area contributed by atoms with Gasteiger partial charge >= 0.3 is 0 Å².